The Morgan fingerprint density at radius 1 is 1.10 bits per heavy atom. The van der Waals surface area contributed by atoms with E-state index in [1.807, 2.05) is 48.5 Å². The van der Waals surface area contributed by atoms with Crippen molar-refractivity contribution in [3.8, 4) is 0 Å². The van der Waals surface area contributed by atoms with Gasteiger partial charge in [0.05, 0.1) is 23.7 Å². The lowest BCUT2D eigenvalue weighted by atomic mass is 10.1. The number of aromatic nitrogens is 1. The molecule has 3 aromatic rings. The summed E-state index contributed by atoms with van der Waals surface area (Å²) in [5.74, 6) is -0.0342. The zero-order valence-electron chi connectivity index (χ0n) is 17.4. The van der Waals surface area contributed by atoms with Gasteiger partial charge in [-0.3, -0.25) is 9.69 Å². The summed E-state index contributed by atoms with van der Waals surface area (Å²) in [4.78, 5) is 20.3. The van der Waals surface area contributed by atoms with Gasteiger partial charge in [0.15, 0.2) is 5.17 Å². The summed E-state index contributed by atoms with van der Waals surface area (Å²) in [5.41, 5.74) is 3.04. The van der Waals surface area contributed by atoms with Gasteiger partial charge in [-0.1, -0.05) is 36.4 Å². The van der Waals surface area contributed by atoms with Gasteiger partial charge in [-0.25, -0.2) is 4.99 Å². The normalized spacial score (nSPS) is 17.2. The van der Waals surface area contributed by atoms with Crippen LogP contribution in [-0.2, 0) is 9.53 Å². The van der Waals surface area contributed by atoms with Crippen molar-refractivity contribution in [3.05, 3.63) is 71.3 Å². The Labute approximate surface area is 181 Å². The zero-order chi connectivity index (χ0) is 21.1. The largest absolute Gasteiger partial charge is 0.383 e. The zero-order valence-corrected chi connectivity index (χ0v) is 18.2. The van der Waals surface area contributed by atoms with Gasteiger partial charge in [0, 0.05) is 35.8 Å². The first kappa shape index (κ1) is 20.4. The molecule has 0 bridgehead atoms. The maximum absolute atomic E-state index is 13.2. The van der Waals surface area contributed by atoms with Gasteiger partial charge in [-0.05, 0) is 49.9 Å². The second-order valence-electron chi connectivity index (χ2n) is 7.39. The third kappa shape index (κ3) is 4.06. The minimum Gasteiger partial charge on any atom is -0.383 e. The summed E-state index contributed by atoms with van der Waals surface area (Å²) in [7, 11) is 1.64. The molecule has 0 aliphatic carbocycles. The van der Waals surface area contributed by atoms with Crippen molar-refractivity contribution in [2.75, 3.05) is 20.3 Å². The molecule has 6 heteroatoms. The number of carbonyl (C=O) groups is 1. The Morgan fingerprint density at radius 2 is 1.83 bits per heavy atom. The summed E-state index contributed by atoms with van der Waals surface area (Å²) in [6.45, 7) is 5.25. The molecule has 4 rings (SSSR count). The molecule has 1 amide bonds. The van der Waals surface area contributed by atoms with E-state index >= 15 is 0 Å². The first-order valence-electron chi connectivity index (χ1n) is 10.0. The molecule has 0 N–H and O–H groups in total. The van der Waals surface area contributed by atoms with Crippen molar-refractivity contribution >= 4 is 45.5 Å². The van der Waals surface area contributed by atoms with Crippen LogP contribution in [0, 0.1) is 0 Å². The third-order valence-electron chi connectivity index (χ3n) is 5.00. The standard InChI is InChI=1S/C24H25N3O2S/c1-17(2)27-16-18(20-11-7-8-12-21(20)27)15-22-23(28)26(13-14-29-3)24(30-22)25-19-9-5-4-6-10-19/h4-12,15-17H,13-14H2,1-3H3/b22-15+,25-24?. The van der Waals surface area contributed by atoms with E-state index in [9.17, 15) is 4.79 Å². The molecular formula is C24H25N3O2S. The lowest BCUT2D eigenvalue weighted by Gasteiger charge is -2.14. The third-order valence-corrected chi connectivity index (χ3v) is 6.01. The van der Waals surface area contributed by atoms with Crippen molar-refractivity contribution < 1.29 is 9.53 Å². The van der Waals surface area contributed by atoms with Crippen molar-refractivity contribution in [1.29, 1.82) is 0 Å². The van der Waals surface area contributed by atoms with Crippen LogP contribution >= 0.6 is 11.8 Å². The number of amidine groups is 1. The van der Waals surface area contributed by atoms with E-state index in [1.165, 1.54) is 17.3 Å². The van der Waals surface area contributed by atoms with Crippen LogP contribution in [0.2, 0.25) is 0 Å². The molecule has 1 aromatic heterocycles. The van der Waals surface area contributed by atoms with Gasteiger partial charge in [0.2, 0.25) is 0 Å². The Balaban J connectivity index is 1.74. The predicted molar refractivity (Wildman–Crippen MR) is 125 cm³/mol. The number of benzene rings is 2. The smallest absolute Gasteiger partial charge is 0.266 e. The number of aliphatic imine (C=N–C) groups is 1. The fourth-order valence-corrected chi connectivity index (χ4v) is 4.51. The monoisotopic (exact) mass is 419 g/mol. The van der Waals surface area contributed by atoms with E-state index in [4.69, 9.17) is 9.73 Å². The number of para-hydroxylation sites is 2. The van der Waals surface area contributed by atoms with E-state index in [0.29, 0.717) is 29.3 Å². The van der Waals surface area contributed by atoms with Crippen LogP contribution in [0.25, 0.3) is 17.0 Å². The van der Waals surface area contributed by atoms with Crippen LogP contribution in [0.3, 0.4) is 0 Å². The predicted octanol–water partition coefficient (Wildman–Crippen LogP) is 5.47. The highest BCUT2D eigenvalue weighted by Gasteiger charge is 2.33. The van der Waals surface area contributed by atoms with E-state index in [2.05, 4.69) is 36.7 Å². The molecule has 0 radical (unpaired) electrons. The van der Waals surface area contributed by atoms with Gasteiger partial charge in [-0.2, -0.15) is 0 Å². The summed E-state index contributed by atoms with van der Waals surface area (Å²) >= 11 is 1.42. The number of rotatable bonds is 6. The van der Waals surface area contributed by atoms with Crippen LogP contribution in [0.15, 0.2) is 70.7 Å². The van der Waals surface area contributed by atoms with Gasteiger partial charge in [-0.15, -0.1) is 0 Å². The Hall–Kier alpha value is -2.83. The molecule has 0 saturated carbocycles. The molecular weight excluding hydrogens is 394 g/mol. The van der Waals surface area contributed by atoms with E-state index in [1.54, 1.807) is 12.0 Å². The lowest BCUT2D eigenvalue weighted by molar-refractivity contribution is -0.122. The Bertz CT molecular complexity index is 1120. The first-order valence-corrected chi connectivity index (χ1v) is 10.8. The number of methoxy groups -OCH3 is 1. The molecule has 0 unspecified atom stereocenters. The molecule has 2 aromatic carbocycles. The van der Waals surface area contributed by atoms with E-state index in [0.717, 1.165) is 16.6 Å². The van der Waals surface area contributed by atoms with Crippen molar-refractivity contribution in [3.63, 3.8) is 0 Å². The van der Waals surface area contributed by atoms with Crippen LogP contribution in [-0.4, -0.2) is 40.8 Å². The highest BCUT2D eigenvalue weighted by atomic mass is 32.2. The average Bonchev–Trinajstić information content (AvgIpc) is 3.26. The van der Waals surface area contributed by atoms with Crippen LogP contribution in [0.5, 0.6) is 0 Å². The van der Waals surface area contributed by atoms with Gasteiger partial charge in [0.25, 0.3) is 5.91 Å². The molecule has 0 atom stereocenters. The Morgan fingerprint density at radius 3 is 2.57 bits per heavy atom. The summed E-state index contributed by atoms with van der Waals surface area (Å²) in [5, 5.41) is 1.83. The molecule has 1 aliphatic rings. The number of nitrogens with zero attached hydrogens (tertiary/aromatic N) is 3. The molecule has 1 fully saturated rings. The number of fused-ring (bicyclic) bond motifs is 1. The van der Waals surface area contributed by atoms with Crippen molar-refractivity contribution in [2.45, 2.75) is 19.9 Å². The van der Waals surface area contributed by atoms with Gasteiger partial charge < -0.3 is 9.30 Å². The van der Waals surface area contributed by atoms with Crippen LogP contribution in [0.4, 0.5) is 5.69 Å². The number of hydrogen-bond donors (Lipinski definition) is 0. The second-order valence-corrected chi connectivity index (χ2v) is 8.40. The maximum Gasteiger partial charge on any atom is 0.266 e. The second kappa shape index (κ2) is 8.90. The SMILES string of the molecule is COCCN1C(=O)/C(=C\c2cn(C(C)C)c3ccccc23)SC1=Nc1ccccc1. The molecule has 154 valence electrons. The highest BCUT2D eigenvalue weighted by molar-refractivity contribution is 8.18. The molecule has 1 saturated heterocycles. The fourth-order valence-electron chi connectivity index (χ4n) is 3.50. The molecule has 1 aliphatic heterocycles. The lowest BCUT2D eigenvalue weighted by Crippen LogP contribution is -2.32. The molecule has 5 nitrogen and oxygen atoms in total. The fraction of sp³-hybridized carbons (Fsp3) is 0.250. The number of thioether (sulfide) groups is 1. The quantitative estimate of drug-likeness (QED) is 0.498. The molecule has 0 spiro atoms. The van der Waals surface area contributed by atoms with Gasteiger partial charge in [0.1, 0.15) is 0 Å². The maximum atomic E-state index is 13.2. The number of amides is 1. The van der Waals surface area contributed by atoms with Crippen molar-refractivity contribution in [1.82, 2.24) is 9.47 Å². The van der Waals surface area contributed by atoms with E-state index < -0.39 is 0 Å². The Kier molecular flexibility index (Phi) is 6.06. The summed E-state index contributed by atoms with van der Waals surface area (Å²) < 4.78 is 7.45. The minimum absolute atomic E-state index is 0.0342. The number of ether oxygens (including phenoxy) is 1. The molecule has 30 heavy (non-hydrogen) atoms. The summed E-state index contributed by atoms with van der Waals surface area (Å²) in [6, 6.07) is 18.3. The van der Waals surface area contributed by atoms with E-state index in [-0.39, 0.29) is 5.91 Å². The topological polar surface area (TPSA) is 46.8 Å². The molecule has 2 heterocycles. The van der Waals surface area contributed by atoms with Crippen LogP contribution in [0.1, 0.15) is 25.5 Å². The van der Waals surface area contributed by atoms with Gasteiger partial charge >= 0.3 is 0 Å². The minimum atomic E-state index is -0.0342. The summed E-state index contributed by atoms with van der Waals surface area (Å²) in [6.07, 6.45) is 4.11. The first-order chi connectivity index (χ1) is 14.6. The average molecular weight is 420 g/mol. The number of hydrogen-bond acceptors (Lipinski definition) is 4. The van der Waals surface area contributed by atoms with Crippen molar-refractivity contribution in [2.24, 2.45) is 4.99 Å². The highest BCUT2D eigenvalue weighted by Crippen LogP contribution is 2.36. The van der Waals surface area contributed by atoms with Crippen LogP contribution < -0.4 is 0 Å². The number of carbonyl (C=O) groups excluding carboxylic acids is 1.